The Morgan fingerprint density at radius 3 is 2.81 bits per heavy atom. The molecule has 0 amide bonds. The number of para-hydroxylation sites is 1. The van der Waals surface area contributed by atoms with Crippen LogP contribution in [0.4, 0.5) is 0 Å². The fourth-order valence-corrected chi connectivity index (χ4v) is 2.99. The lowest BCUT2D eigenvalue weighted by molar-refractivity contribution is 0.192. The van der Waals surface area contributed by atoms with Crippen LogP contribution in [0.15, 0.2) is 24.3 Å². The van der Waals surface area contributed by atoms with Crippen molar-refractivity contribution in [3.05, 3.63) is 29.8 Å². The predicted octanol–water partition coefficient (Wildman–Crippen LogP) is 4.19. The fraction of sp³-hybridized carbons (Fsp3) is 0.571. The normalized spacial score (nSPS) is 22.3. The second-order valence-electron chi connectivity index (χ2n) is 4.63. The third-order valence-electron chi connectivity index (χ3n) is 3.45. The first-order valence-corrected chi connectivity index (χ1v) is 7.01. The number of hydrogen-bond donors (Lipinski definition) is 0. The summed E-state index contributed by atoms with van der Waals surface area (Å²) in [4.78, 5) is 0.574. The highest BCUT2D eigenvalue weighted by molar-refractivity contribution is 9.09. The van der Waals surface area contributed by atoms with Gasteiger partial charge in [0.05, 0.1) is 0 Å². The molecule has 16 heavy (non-hydrogen) atoms. The van der Waals surface area contributed by atoms with E-state index in [0.29, 0.717) is 16.8 Å². The Kier molecular flexibility index (Phi) is 3.91. The summed E-state index contributed by atoms with van der Waals surface area (Å²) in [5.41, 5.74) is 1.37. The molecule has 0 aliphatic carbocycles. The molecule has 0 fully saturated rings. The molecular weight excluding hydrogens is 264 g/mol. The summed E-state index contributed by atoms with van der Waals surface area (Å²) in [6, 6.07) is 8.39. The van der Waals surface area contributed by atoms with Gasteiger partial charge < -0.3 is 4.74 Å². The zero-order valence-electron chi connectivity index (χ0n) is 9.95. The number of fused-ring (bicyclic) bond motifs is 1. The number of hydrogen-bond acceptors (Lipinski definition) is 1. The monoisotopic (exact) mass is 282 g/mol. The number of ether oxygens (including phenoxy) is 1. The van der Waals surface area contributed by atoms with Crippen molar-refractivity contribution < 1.29 is 4.74 Å². The van der Waals surface area contributed by atoms with E-state index in [9.17, 15) is 0 Å². The SMILES string of the molecule is CCC(CC1Cc2ccccc2O1)C(C)Br. The van der Waals surface area contributed by atoms with Crippen LogP contribution in [0.3, 0.4) is 0 Å². The summed E-state index contributed by atoms with van der Waals surface area (Å²) in [5, 5.41) is 0. The highest BCUT2D eigenvalue weighted by Gasteiger charge is 2.26. The maximum Gasteiger partial charge on any atom is 0.123 e. The first kappa shape index (κ1) is 12.0. The van der Waals surface area contributed by atoms with Crippen molar-refractivity contribution in [2.45, 2.75) is 44.0 Å². The topological polar surface area (TPSA) is 9.23 Å². The predicted molar refractivity (Wildman–Crippen MR) is 71.3 cm³/mol. The molecule has 0 bridgehead atoms. The van der Waals surface area contributed by atoms with Crippen molar-refractivity contribution in [1.82, 2.24) is 0 Å². The molecular formula is C14H19BrO. The molecule has 3 atom stereocenters. The minimum Gasteiger partial charge on any atom is -0.490 e. The number of benzene rings is 1. The molecule has 0 saturated carbocycles. The zero-order valence-corrected chi connectivity index (χ0v) is 11.5. The van der Waals surface area contributed by atoms with E-state index in [-0.39, 0.29) is 0 Å². The Morgan fingerprint density at radius 1 is 1.44 bits per heavy atom. The first-order chi connectivity index (χ1) is 7.70. The van der Waals surface area contributed by atoms with Crippen molar-refractivity contribution in [2.75, 3.05) is 0 Å². The van der Waals surface area contributed by atoms with Gasteiger partial charge in [-0.3, -0.25) is 0 Å². The van der Waals surface area contributed by atoms with Gasteiger partial charge in [0.1, 0.15) is 11.9 Å². The van der Waals surface area contributed by atoms with Crippen molar-refractivity contribution in [1.29, 1.82) is 0 Å². The van der Waals surface area contributed by atoms with Crippen molar-refractivity contribution in [3.63, 3.8) is 0 Å². The fourth-order valence-electron chi connectivity index (χ4n) is 2.40. The van der Waals surface area contributed by atoms with Crippen LogP contribution in [0, 0.1) is 5.92 Å². The van der Waals surface area contributed by atoms with Gasteiger partial charge in [-0.15, -0.1) is 0 Å². The average molecular weight is 283 g/mol. The van der Waals surface area contributed by atoms with Crippen molar-refractivity contribution >= 4 is 15.9 Å². The molecule has 1 aliphatic heterocycles. The molecule has 1 nitrogen and oxygen atoms in total. The van der Waals surface area contributed by atoms with Crippen LogP contribution in [-0.2, 0) is 6.42 Å². The maximum atomic E-state index is 5.97. The maximum absolute atomic E-state index is 5.97. The van der Waals surface area contributed by atoms with Gasteiger partial charge in [0.25, 0.3) is 0 Å². The molecule has 1 heterocycles. The van der Waals surface area contributed by atoms with Gasteiger partial charge in [-0.1, -0.05) is 54.4 Å². The summed E-state index contributed by atoms with van der Waals surface area (Å²) in [6.07, 6.45) is 3.81. The lowest BCUT2D eigenvalue weighted by Crippen LogP contribution is -2.22. The van der Waals surface area contributed by atoms with Gasteiger partial charge >= 0.3 is 0 Å². The molecule has 0 saturated heterocycles. The van der Waals surface area contributed by atoms with Crippen molar-refractivity contribution in [3.8, 4) is 5.75 Å². The van der Waals surface area contributed by atoms with E-state index in [1.165, 1.54) is 12.0 Å². The Balaban J connectivity index is 1.96. The van der Waals surface area contributed by atoms with E-state index in [2.05, 4.69) is 48.0 Å². The van der Waals surface area contributed by atoms with Crippen LogP contribution in [0.25, 0.3) is 0 Å². The summed E-state index contributed by atoms with van der Waals surface area (Å²) in [7, 11) is 0. The molecule has 1 aliphatic rings. The minimum absolute atomic E-state index is 0.377. The van der Waals surface area contributed by atoms with Gasteiger partial charge in [-0.25, -0.2) is 0 Å². The molecule has 2 rings (SSSR count). The Bertz CT molecular complexity index is 323. The molecule has 0 N–H and O–H groups in total. The van der Waals surface area contributed by atoms with Crippen LogP contribution in [0.2, 0.25) is 0 Å². The lowest BCUT2D eigenvalue weighted by atomic mass is 9.94. The second-order valence-corrected chi connectivity index (χ2v) is 6.08. The van der Waals surface area contributed by atoms with Crippen LogP contribution in [0.1, 0.15) is 32.3 Å². The number of halogens is 1. The van der Waals surface area contributed by atoms with Gasteiger partial charge in [0.15, 0.2) is 0 Å². The van der Waals surface area contributed by atoms with E-state index in [0.717, 1.165) is 18.6 Å². The van der Waals surface area contributed by atoms with Crippen LogP contribution < -0.4 is 4.74 Å². The van der Waals surface area contributed by atoms with Crippen LogP contribution in [0.5, 0.6) is 5.75 Å². The van der Waals surface area contributed by atoms with Crippen LogP contribution >= 0.6 is 15.9 Å². The number of rotatable bonds is 4. The van der Waals surface area contributed by atoms with Crippen LogP contribution in [-0.4, -0.2) is 10.9 Å². The molecule has 0 spiro atoms. The Morgan fingerprint density at radius 2 is 2.19 bits per heavy atom. The number of alkyl halides is 1. The minimum atomic E-state index is 0.377. The van der Waals surface area contributed by atoms with E-state index in [4.69, 9.17) is 4.74 Å². The van der Waals surface area contributed by atoms with Gasteiger partial charge in [0.2, 0.25) is 0 Å². The highest BCUT2D eigenvalue weighted by Crippen LogP contribution is 2.33. The smallest absolute Gasteiger partial charge is 0.123 e. The molecule has 1 aromatic rings. The summed E-state index contributed by atoms with van der Waals surface area (Å²) in [5.74, 6) is 1.80. The quantitative estimate of drug-likeness (QED) is 0.753. The lowest BCUT2D eigenvalue weighted by Gasteiger charge is -2.21. The van der Waals surface area contributed by atoms with E-state index in [1.807, 2.05) is 6.07 Å². The van der Waals surface area contributed by atoms with Gasteiger partial charge in [-0.05, 0) is 24.0 Å². The van der Waals surface area contributed by atoms with Gasteiger partial charge in [0, 0.05) is 11.2 Å². The average Bonchev–Trinajstić information content (AvgIpc) is 2.67. The Labute approximate surface area is 106 Å². The molecule has 0 radical (unpaired) electrons. The van der Waals surface area contributed by atoms with Gasteiger partial charge in [-0.2, -0.15) is 0 Å². The van der Waals surface area contributed by atoms with Crippen molar-refractivity contribution in [2.24, 2.45) is 5.92 Å². The Hall–Kier alpha value is -0.500. The van der Waals surface area contributed by atoms with E-state index >= 15 is 0 Å². The molecule has 1 aromatic carbocycles. The molecule has 2 heteroatoms. The van der Waals surface area contributed by atoms with E-state index in [1.54, 1.807) is 0 Å². The largest absolute Gasteiger partial charge is 0.490 e. The highest BCUT2D eigenvalue weighted by atomic mass is 79.9. The molecule has 88 valence electrons. The van der Waals surface area contributed by atoms with E-state index < -0.39 is 0 Å². The summed E-state index contributed by atoms with van der Waals surface area (Å²) in [6.45, 7) is 4.49. The first-order valence-electron chi connectivity index (χ1n) is 6.09. The third-order valence-corrected chi connectivity index (χ3v) is 4.20. The summed E-state index contributed by atoms with van der Waals surface area (Å²) >= 11 is 3.69. The molecule has 3 unspecified atom stereocenters. The zero-order chi connectivity index (χ0) is 11.5. The second kappa shape index (κ2) is 5.22. The standard InChI is InChI=1S/C14H19BrO/c1-3-11(10(2)15)8-13-9-12-6-4-5-7-14(12)16-13/h4-7,10-11,13H,3,8-9H2,1-2H3. The third kappa shape index (κ3) is 2.60. The molecule has 0 aromatic heterocycles. The summed E-state index contributed by atoms with van der Waals surface area (Å²) < 4.78 is 5.97.